The van der Waals surface area contributed by atoms with Crippen LogP contribution in [0.1, 0.15) is 24.2 Å². The molecular weight excluding hydrogens is 305 g/mol. The molecule has 1 atom stereocenters. The van der Waals surface area contributed by atoms with Crippen LogP contribution in [0.3, 0.4) is 0 Å². The van der Waals surface area contributed by atoms with E-state index in [2.05, 4.69) is 10.4 Å². The van der Waals surface area contributed by atoms with E-state index in [-0.39, 0.29) is 6.04 Å². The van der Waals surface area contributed by atoms with Gasteiger partial charge in [-0.25, -0.2) is 0 Å². The van der Waals surface area contributed by atoms with Crippen LogP contribution in [-0.2, 0) is 7.05 Å². The Bertz CT molecular complexity index is 541. The Morgan fingerprint density at radius 3 is 2.32 bits per heavy atom. The minimum absolute atomic E-state index is 0.189. The van der Waals surface area contributed by atoms with E-state index in [1.807, 2.05) is 32.2 Å². The normalized spacial score (nSPS) is 12.7. The molecule has 2 rings (SSSR count). The van der Waals surface area contributed by atoms with Crippen LogP contribution in [0.4, 0.5) is 0 Å². The number of aryl methyl sites for hydroxylation is 1. The van der Waals surface area contributed by atoms with Crippen molar-refractivity contribution in [3.8, 4) is 0 Å². The number of nitrogens with zero attached hydrogens (tertiary/aromatic N) is 2. The van der Waals surface area contributed by atoms with Crippen LogP contribution in [0, 0.1) is 0 Å². The van der Waals surface area contributed by atoms with Crippen molar-refractivity contribution in [3.05, 3.63) is 50.7 Å². The highest BCUT2D eigenvalue weighted by molar-refractivity contribution is 6.36. The predicted octanol–water partition coefficient (Wildman–Crippen LogP) is 4.08. The van der Waals surface area contributed by atoms with Crippen LogP contribution >= 0.6 is 34.8 Å². The molecule has 0 aliphatic heterocycles. The summed E-state index contributed by atoms with van der Waals surface area (Å²) >= 11 is 18.8. The largest absolute Gasteiger partial charge is 0.305 e. The van der Waals surface area contributed by atoms with Gasteiger partial charge in [-0.1, -0.05) is 47.8 Å². The van der Waals surface area contributed by atoms with Crippen LogP contribution in [0.15, 0.2) is 24.4 Å². The number of nitrogens with one attached hydrogen (secondary N) is 1. The van der Waals surface area contributed by atoms with Gasteiger partial charge in [0.25, 0.3) is 0 Å². The second-order valence-corrected chi connectivity index (χ2v) is 5.35. The number of rotatable bonds is 4. The lowest BCUT2D eigenvalue weighted by molar-refractivity contribution is 0.573. The van der Waals surface area contributed by atoms with Crippen LogP contribution in [0.2, 0.25) is 15.1 Å². The number of aromatic nitrogens is 2. The van der Waals surface area contributed by atoms with Gasteiger partial charge in [-0.05, 0) is 18.7 Å². The molecule has 1 unspecified atom stereocenters. The van der Waals surface area contributed by atoms with Gasteiger partial charge in [0.15, 0.2) is 0 Å². The third-order valence-corrected chi connectivity index (χ3v) is 3.86. The molecule has 6 heteroatoms. The maximum atomic E-state index is 6.28. The number of benzene rings is 1. The highest BCUT2D eigenvalue weighted by Crippen LogP contribution is 2.36. The second-order valence-electron chi connectivity index (χ2n) is 4.13. The van der Waals surface area contributed by atoms with Gasteiger partial charge in [0.05, 0.1) is 23.0 Å². The molecule has 0 saturated heterocycles. The van der Waals surface area contributed by atoms with Gasteiger partial charge in [0.2, 0.25) is 0 Å². The molecule has 102 valence electrons. The van der Waals surface area contributed by atoms with Crippen LogP contribution in [-0.4, -0.2) is 16.3 Å². The predicted molar refractivity (Wildman–Crippen MR) is 80.2 cm³/mol. The smallest absolute Gasteiger partial charge is 0.0837 e. The molecule has 1 heterocycles. The summed E-state index contributed by atoms with van der Waals surface area (Å²) in [5.41, 5.74) is 1.66. The summed E-state index contributed by atoms with van der Waals surface area (Å²) in [4.78, 5) is 0. The van der Waals surface area contributed by atoms with Gasteiger partial charge < -0.3 is 5.32 Å². The molecule has 0 radical (unpaired) electrons. The number of hydrogen-bond acceptors (Lipinski definition) is 2. The zero-order valence-corrected chi connectivity index (χ0v) is 12.9. The molecule has 2 aromatic rings. The minimum Gasteiger partial charge on any atom is -0.305 e. The summed E-state index contributed by atoms with van der Waals surface area (Å²) in [6, 6.07) is 5.27. The first kappa shape index (κ1) is 14.7. The van der Waals surface area contributed by atoms with E-state index >= 15 is 0 Å². The first-order chi connectivity index (χ1) is 9.06. The molecule has 0 fully saturated rings. The fourth-order valence-corrected chi connectivity index (χ4v) is 2.96. The summed E-state index contributed by atoms with van der Waals surface area (Å²) in [7, 11) is 1.84. The van der Waals surface area contributed by atoms with Crippen molar-refractivity contribution in [2.24, 2.45) is 7.05 Å². The molecule has 19 heavy (non-hydrogen) atoms. The average molecular weight is 319 g/mol. The Morgan fingerprint density at radius 1 is 1.21 bits per heavy atom. The maximum Gasteiger partial charge on any atom is 0.0837 e. The van der Waals surface area contributed by atoms with E-state index in [4.69, 9.17) is 34.8 Å². The zero-order chi connectivity index (χ0) is 14.0. The Kier molecular flexibility index (Phi) is 4.74. The second kappa shape index (κ2) is 6.14. The van der Waals surface area contributed by atoms with Crippen LogP contribution in [0.5, 0.6) is 0 Å². The molecular formula is C13H14Cl3N3. The Labute approximate surface area is 127 Å². The third-order valence-electron chi connectivity index (χ3n) is 2.91. The standard InChI is InChI=1S/C13H14Cl3N3/c1-3-17-12(13-10(16)7-18-19(13)2)11-8(14)5-4-6-9(11)15/h4-7,12,17H,3H2,1-2H3. The number of hydrogen-bond donors (Lipinski definition) is 1. The van der Waals surface area contributed by atoms with Crippen molar-refractivity contribution in [3.63, 3.8) is 0 Å². The molecule has 0 aliphatic rings. The molecule has 0 spiro atoms. The lowest BCUT2D eigenvalue weighted by Crippen LogP contribution is -2.25. The van der Waals surface area contributed by atoms with E-state index in [9.17, 15) is 0 Å². The summed E-state index contributed by atoms with van der Waals surface area (Å²) in [5.74, 6) is 0. The average Bonchev–Trinajstić information content (AvgIpc) is 2.68. The van der Waals surface area contributed by atoms with Crippen molar-refractivity contribution in [2.75, 3.05) is 6.54 Å². The van der Waals surface area contributed by atoms with Crippen molar-refractivity contribution in [1.29, 1.82) is 0 Å². The van der Waals surface area contributed by atoms with E-state index in [0.717, 1.165) is 17.8 Å². The highest BCUT2D eigenvalue weighted by Gasteiger charge is 2.24. The third kappa shape index (κ3) is 2.90. The van der Waals surface area contributed by atoms with E-state index < -0.39 is 0 Å². The van der Waals surface area contributed by atoms with Gasteiger partial charge in [0, 0.05) is 22.7 Å². The summed E-state index contributed by atoms with van der Waals surface area (Å²) in [6.45, 7) is 2.77. The molecule has 1 aromatic carbocycles. The molecule has 1 aromatic heterocycles. The van der Waals surface area contributed by atoms with Crippen molar-refractivity contribution in [2.45, 2.75) is 13.0 Å². The quantitative estimate of drug-likeness (QED) is 0.920. The van der Waals surface area contributed by atoms with E-state index in [1.54, 1.807) is 10.9 Å². The van der Waals surface area contributed by atoms with Crippen LogP contribution in [0.25, 0.3) is 0 Å². The van der Waals surface area contributed by atoms with Crippen LogP contribution < -0.4 is 5.32 Å². The van der Waals surface area contributed by atoms with Crippen molar-refractivity contribution >= 4 is 34.8 Å². The van der Waals surface area contributed by atoms with Crippen molar-refractivity contribution < 1.29 is 0 Å². The Balaban J connectivity index is 2.58. The molecule has 1 N–H and O–H groups in total. The van der Waals surface area contributed by atoms with Gasteiger partial charge in [-0.3, -0.25) is 4.68 Å². The SMILES string of the molecule is CCNC(c1c(Cl)cccc1Cl)c1c(Cl)cnn1C. The van der Waals surface area contributed by atoms with Gasteiger partial charge in [-0.15, -0.1) is 0 Å². The Morgan fingerprint density at radius 2 is 1.84 bits per heavy atom. The molecule has 3 nitrogen and oxygen atoms in total. The lowest BCUT2D eigenvalue weighted by Gasteiger charge is -2.21. The fraction of sp³-hybridized carbons (Fsp3) is 0.308. The number of halogens is 3. The van der Waals surface area contributed by atoms with Gasteiger partial charge in [-0.2, -0.15) is 5.10 Å². The summed E-state index contributed by atoms with van der Waals surface area (Å²) < 4.78 is 1.73. The zero-order valence-electron chi connectivity index (χ0n) is 10.6. The highest BCUT2D eigenvalue weighted by atomic mass is 35.5. The fourth-order valence-electron chi connectivity index (χ4n) is 2.07. The van der Waals surface area contributed by atoms with E-state index in [1.165, 1.54) is 0 Å². The minimum atomic E-state index is -0.189. The van der Waals surface area contributed by atoms with Crippen molar-refractivity contribution in [1.82, 2.24) is 15.1 Å². The molecule has 0 aliphatic carbocycles. The van der Waals surface area contributed by atoms with E-state index in [0.29, 0.717) is 15.1 Å². The summed E-state index contributed by atoms with van der Waals surface area (Å²) in [6.07, 6.45) is 1.62. The molecule has 0 amide bonds. The topological polar surface area (TPSA) is 29.9 Å². The lowest BCUT2D eigenvalue weighted by atomic mass is 10.0. The first-order valence-electron chi connectivity index (χ1n) is 5.91. The summed E-state index contributed by atoms with van der Waals surface area (Å²) in [5, 5.41) is 9.31. The Hall–Kier alpha value is -0.740. The van der Waals surface area contributed by atoms with Gasteiger partial charge in [0.1, 0.15) is 0 Å². The van der Waals surface area contributed by atoms with Gasteiger partial charge >= 0.3 is 0 Å². The molecule has 0 bridgehead atoms. The maximum absolute atomic E-state index is 6.28. The molecule has 0 saturated carbocycles. The first-order valence-corrected chi connectivity index (χ1v) is 7.04. The monoisotopic (exact) mass is 317 g/mol.